The summed E-state index contributed by atoms with van der Waals surface area (Å²) in [6.45, 7) is 0.601. The van der Waals surface area contributed by atoms with E-state index in [1.165, 1.54) is 6.20 Å². The van der Waals surface area contributed by atoms with Crippen LogP contribution in [0.4, 0.5) is 5.82 Å². The van der Waals surface area contributed by atoms with E-state index in [-0.39, 0.29) is 0 Å². The first kappa shape index (κ1) is 9.02. The van der Waals surface area contributed by atoms with Gasteiger partial charge < -0.3 is 5.32 Å². The number of nitrogens with one attached hydrogen (secondary N) is 1. The van der Waals surface area contributed by atoms with Gasteiger partial charge in [0.15, 0.2) is 5.82 Å². The Morgan fingerprint density at radius 2 is 2.46 bits per heavy atom. The average molecular weight is 172 g/mol. The summed E-state index contributed by atoms with van der Waals surface area (Å²) in [5.74, 6) is 2.97. The second-order valence-electron chi connectivity index (χ2n) is 2.29. The predicted octanol–water partition coefficient (Wildman–Crippen LogP) is 0.783. The van der Waals surface area contributed by atoms with Crippen molar-refractivity contribution in [2.24, 2.45) is 0 Å². The number of terminal acetylenes is 1. The Bertz CT molecular complexity index is 359. The molecule has 0 amide bonds. The molecule has 4 heteroatoms. The Kier molecular flexibility index (Phi) is 3.29. The van der Waals surface area contributed by atoms with E-state index >= 15 is 0 Å². The monoisotopic (exact) mass is 172 g/mol. The minimum absolute atomic E-state index is 0.479. The van der Waals surface area contributed by atoms with Crippen molar-refractivity contribution in [2.45, 2.75) is 6.42 Å². The van der Waals surface area contributed by atoms with Crippen LogP contribution in [0, 0.1) is 23.7 Å². The lowest BCUT2D eigenvalue weighted by atomic mass is 10.3. The molecular formula is C9H8N4. The Morgan fingerprint density at radius 1 is 1.62 bits per heavy atom. The van der Waals surface area contributed by atoms with E-state index in [0.29, 0.717) is 24.3 Å². The smallest absolute Gasteiger partial charge is 0.166 e. The first-order valence-electron chi connectivity index (χ1n) is 3.77. The molecule has 4 nitrogen and oxygen atoms in total. The van der Waals surface area contributed by atoms with Gasteiger partial charge in [-0.05, 0) is 6.07 Å². The number of aromatic nitrogens is 2. The number of nitrogens with zero attached hydrogens (tertiary/aromatic N) is 3. The molecule has 0 radical (unpaired) electrons. The van der Waals surface area contributed by atoms with Gasteiger partial charge in [0.2, 0.25) is 0 Å². The number of anilines is 1. The van der Waals surface area contributed by atoms with Crippen LogP contribution in [0.2, 0.25) is 0 Å². The summed E-state index contributed by atoms with van der Waals surface area (Å²) in [7, 11) is 0. The second-order valence-corrected chi connectivity index (χ2v) is 2.29. The van der Waals surface area contributed by atoms with Crippen molar-refractivity contribution in [3.8, 4) is 18.4 Å². The van der Waals surface area contributed by atoms with Gasteiger partial charge in [0.1, 0.15) is 6.07 Å². The van der Waals surface area contributed by atoms with Crippen molar-refractivity contribution < 1.29 is 0 Å². The fourth-order valence-electron chi connectivity index (χ4n) is 0.806. The van der Waals surface area contributed by atoms with Gasteiger partial charge in [-0.3, -0.25) is 0 Å². The quantitative estimate of drug-likeness (QED) is 0.540. The van der Waals surface area contributed by atoms with Crippen molar-refractivity contribution in [1.29, 1.82) is 5.26 Å². The lowest BCUT2D eigenvalue weighted by Crippen LogP contribution is -2.05. The fraction of sp³-hybridized carbons (Fsp3) is 0.222. The normalized spacial score (nSPS) is 8.46. The molecule has 0 aliphatic carbocycles. The zero-order valence-electron chi connectivity index (χ0n) is 6.99. The molecule has 0 aromatic carbocycles. The first-order chi connectivity index (χ1) is 6.38. The van der Waals surface area contributed by atoms with Gasteiger partial charge in [0.05, 0.1) is 11.8 Å². The highest BCUT2D eigenvalue weighted by Crippen LogP contribution is 2.07. The third kappa shape index (κ3) is 2.46. The van der Waals surface area contributed by atoms with Crippen molar-refractivity contribution in [1.82, 2.24) is 10.2 Å². The van der Waals surface area contributed by atoms with Gasteiger partial charge >= 0.3 is 0 Å². The van der Waals surface area contributed by atoms with Crippen LogP contribution >= 0.6 is 0 Å². The molecule has 0 unspecified atom stereocenters. The molecule has 0 atom stereocenters. The largest absolute Gasteiger partial charge is 0.367 e. The van der Waals surface area contributed by atoms with E-state index in [4.69, 9.17) is 11.7 Å². The molecule has 0 aliphatic rings. The molecule has 1 rings (SSSR count). The summed E-state index contributed by atoms with van der Waals surface area (Å²) in [5, 5.41) is 19.0. The van der Waals surface area contributed by atoms with Crippen LogP contribution in [0.5, 0.6) is 0 Å². The van der Waals surface area contributed by atoms with Crippen LogP contribution < -0.4 is 5.32 Å². The molecule has 13 heavy (non-hydrogen) atoms. The zero-order chi connectivity index (χ0) is 9.52. The third-order valence-electron chi connectivity index (χ3n) is 1.40. The maximum absolute atomic E-state index is 8.68. The molecule has 0 saturated carbocycles. The van der Waals surface area contributed by atoms with Gasteiger partial charge in [-0.25, -0.2) is 0 Å². The summed E-state index contributed by atoms with van der Waals surface area (Å²) >= 11 is 0. The van der Waals surface area contributed by atoms with Crippen molar-refractivity contribution in [3.05, 3.63) is 17.8 Å². The van der Waals surface area contributed by atoms with Gasteiger partial charge in [-0.1, -0.05) is 0 Å². The Hall–Kier alpha value is -2.07. The van der Waals surface area contributed by atoms with Crippen molar-refractivity contribution in [3.63, 3.8) is 0 Å². The molecule has 0 aliphatic heterocycles. The molecule has 1 aromatic heterocycles. The Morgan fingerprint density at radius 3 is 3.15 bits per heavy atom. The van der Waals surface area contributed by atoms with E-state index < -0.39 is 0 Å². The average Bonchev–Trinajstić information content (AvgIpc) is 2.19. The number of rotatable bonds is 3. The highest BCUT2D eigenvalue weighted by molar-refractivity contribution is 5.50. The summed E-state index contributed by atoms with van der Waals surface area (Å²) in [4.78, 5) is 0. The van der Waals surface area contributed by atoms with Gasteiger partial charge in [-0.15, -0.1) is 17.4 Å². The summed E-state index contributed by atoms with van der Waals surface area (Å²) in [6, 6.07) is 3.61. The van der Waals surface area contributed by atoms with Crippen molar-refractivity contribution >= 4 is 5.82 Å². The SMILES string of the molecule is C#CCCNc1nnccc1C#N. The summed E-state index contributed by atoms with van der Waals surface area (Å²) < 4.78 is 0. The van der Waals surface area contributed by atoms with Crippen LogP contribution in [0.15, 0.2) is 12.3 Å². The first-order valence-corrected chi connectivity index (χ1v) is 3.77. The standard InChI is InChI=1S/C9H8N4/c1-2-3-5-11-9-8(7-10)4-6-12-13-9/h1,4,6H,3,5H2,(H,11,13). The number of hydrogen-bond acceptors (Lipinski definition) is 4. The number of hydrogen-bond donors (Lipinski definition) is 1. The lowest BCUT2D eigenvalue weighted by molar-refractivity contribution is 0.988. The maximum Gasteiger partial charge on any atom is 0.166 e. The maximum atomic E-state index is 8.68. The minimum Gasteiger partial charge on any atom is -0.367 e. The topological polar surface area (TPSA) is 61.6 Å². The lowest BCUT2D eigenvalue weighted by Gasteiger charge is -2.02. The van der Waals surface area contributed by atoms with Crippen LogP contribution in [0.25, 0.3) is 0 Å². The van der Waals surface area contributed by atoms with E-state index in [1.807, 2.05) is 6.07 Å². The summed E-state index contributed by atoms with van der Waals surface area (Å²) in [5.41, 5.74) is 0.479. The molecule has 1 aromatic rings. The predicted molar refractivity (Wildman–Crippen MR) is 48.7 cm³/mol. The molecule has 64 valence electrons. The molecule has 0 saturated heterocycles. The second kappa shape index (κ2) is 4.74. The van der Waals surface area contributed by atoms with Gasteiger partial charge in [-0.2, -0.15) is 10.4 Å². The summed E-state index contributed by atoms with van der Waals surface area (Å²) in [6.07, 6.45) is 7.15. The van der Waals surface area contributed by atoms with Gasteiger partial charge in [0, 0.05) is 13.0 Å². The molecule has 1 N–H and O–H groups in total. The van der Waals surface area contributed by atoms with Crippen LogP contribution in [0.3, 0.4) is 0 Å². The Labute approximate surface area is 76.6 Å². The van der Waals surface area contributed by atoms with Gasteiger partial charge in [0.25, 0.3) is 0 Å². The Balaban J connectivity index is 2.67. The van der Waals surface area contributed by atoms with E-state index in [9.17, 15) is 0 Å². The number of nitriles is 1. The van der Waals surface area contributed by atoms with Crippen LogP contribution in [0.1, 0.15) is 12.0 Å². The molecule has 0 bridgehead atoms. The van der Waals surface area contributed by atoms with E-state index in [1.54, 1.807) is 6.07 Å². The van der Waals surface area contributed by atoms with Crippen molar-refractivity contribution in [2.75, 3.05) is 11.9 Å². The van der Waals surface area contributed by atoms with Crippen LogP contribution in [-0.4, -0.2) is 16.7 Å². The molecule has 0 spiro atoms. The van der Waals surface area contributed by atoms with E-state index in [2.05, 4.69) is 21.4 Å². The van der Waals surface area contributed by atoms with E-state index in [0.717, 1.165) is 0 Å². The third-order valence-corrected chi connectivity index (χ3v) is 1.40. The fourth-order valence-corrected chi connectivity index (χ4v) is 0.806. The zero-order valence-corrected chi connectivity index (χ0v) is 6.99. The highest BCUT2D eigenvalue weighted by atomic mass is 15.2. The molecular weight excluding hydrogens is 164 g/mol. The molecule has 1 heterocycles. The minimum atomic E-state index is 0.479. The highest BCUT2D eigenvalue weighted by Gasteiger charge is 2.00. The molecule has 0 fully saturated rings. The van der Waals surface area contributed by atoms with Crippen LogP contribution in [-0.2, 0) is 0 Å².